The van der Waals surface area contributed by atoms with Crippen molar-refractivity contribution in [2.24, 2.45) is 0 Å². The van der Waals surface area contributed by atoms with Crippen molar-refractivity contribution in [2.45, 2.75) is 56.9 Å². The SMILES string of the molecule is CC(C)(C)N1C2=C(CCCC2)CSc2ccccc21. The lowest BCUT2D eigenvalue weighted by molar-refractivity contribution is 0.510. The van der Waals surface area contributed by atoms with Crippen LogP contribution in [0.3, 0.4) is 0 Å². The number of anilines is 1. The topological polar surface area (TPSA) is 3.24 Å². The van der Waals surface area contributed by atoms with Gasteiger partial charge in [-0.3, -0.25) is 0 Å². The number of fused-ring (bicyclic) bond motifs is 1. The van der Waals surface area contributed by atoms with E-state index in [0.717, 1.165) is 0 Å². The van der Waals surface area contributed by atoms with Crippen molar-refractivity contribution in [3.05, 3.63) is 35.5 Å². The Morgan fingerprint density at radius 2 is 1.79 bits per heavy atom. The van der Waals surface area contributed by atoms with Gasteiger partial charge in [0.1, 0.15) is 0 Å². The molecule has 0 amide bonds. The Bertz CT molecular complexity index is 510. The molecule has 0 spiro atoms. The van der Waals surface area contributed by atoms with Crippen LogP contribution >= 0.6 is 11.8 Å². The van der Waals surface area contributed by atoms with E-state index in [1.165, 1.54) is 42.0 Å². The third-order valence-corrected chi connectivity index (χ3v) is 5.15. The summed E-state index contributed by atoms with van der Waals surface area (Å²) in [7, 11) is 0. The van der Waals surface area contributed by atoms with Gasteiger partial charge in [0, 0.05) is 21.9 Å². The minimum absolute atomic E-state index is 0.152. The van der Waals surface area contributed by atoms with Gasteiger partial charge in [-0.1, -0.05) is 12.1 Å². The molecule has 0 saturated carbocycles. The van der Waals surface area contributed by atoms with Crippen molar-refractivity contribution in [3.8, 4) is 0 Å². The highest BCUT2D eigenvalue weighted by Crippen LogP contribution is 2.44. The van der Waals surface area contributed by atoms with E-state index >= 15 is 0 Å². The normalized spacial score (nSPS) is 19.8. The molecule has 1 aromatic carbocycles. The van der Waals surface area contributed by atoms with Crippen molar-refractivity contribution >= 4 is 17.4 Å². The zero-order valence-corrected chi connectivity index (χ0v) is 13.0. The molecule has 1 aromatic rings. The van der Waals surface area contributed by atoms with Gasteiger partial charge in [0.25, 0.3) is 0 Å². The van der Waals surface area contributed by atoms with Crippen molar-refractivity contribution in [2.75, 3.05) is 10.7 Å². The molecule has 0 fully saturated rings. The molecular weight excluding hydrogens is 250 g/mol. The van der Waals surface area contributed by atoms with E-state index in [1.54, 1.807) is 11.3 Å². The van der Waals surface area contributed by atoms with Crippen molar-refractivity contribution < 1.29 is 0 Å². The third-order valence-electron chi connectivity index (χ3n) is 4.00. The number of benzene rings is 1. The first-order valence-electron chi connectivity index (χ1n) is 7.30. The zero-order valence-electron chi connectivity index (χ0n) is 12.2. The van der Waals surface area contributed by atoms with Crippen LogP contribution in [0, 0.1) is 0 Å². The van der Waals surface area contributed by atoms with E-state index < -0.39 is 0 Å². The van der Waals surface area contributed by atoms with Gasteiger partial charge in [-0.15, -0.1) is 11.8 Å². The molecule has 1 nitrogen and oxygen atoms in total. The molecule has 3 rings (SSSR count). The van der Waals surface area contributed by atoms with E-state index in [-0.39, 0.29) is 5.54 Å². The highest BCUT2D eigenvalue weighted by atomic mass is 32.2. The quantitative estimate of drug-likeness (QED) is 0.637. The minimum atomic E-state index is 0.152. The van der Waals surface area contributed by atoms with Crippen molar-refractivity contribution in [1.82, 2.24) is 0 Å². The van der Waals surface area contributed by atoms with Crippen LogP contribution in [0.25, 0.3) is 0 Å². The first kappa shape index (κ1) is 13.1. The van der Waals surface area contributed by atoms with Crippen LogP contribution in [-0.4, -0.2) is 11.3 Å². The van der Waals surface area contributed by atoms with Crippen LogP contribution in [0.2, 0.25) is 0 Å². The summed E-state index contributed by atoms with van der Waals surface area (Å²) in [5.74, 6) is 1.18. The summed E-state index contributed by atoms with van der Waals surface area (Å²) in [6, 6.07) is 8.90. The smallest absolute Gasteiger partial charge is 0.0551 e. The number of nitrogens with zero attached hydrogens (tertiary/aromatic N) is 1. The molecule has 0 aromatic heterocycles. The molecule has 1 aliphatic heterocycles. The molecule has 102 valence electrons. The predicted octanol–water partition coefficient (Wildman–Crippen LogP) is 5.23. The maximum Gasteiger partial charge on any atom is 0.0551 e. The van der Waals surface area contributed by atoms with E-state index in [1.807, 2.05) is 11.8 Å². The summed E-state index contributed by atoms with van der Waals surface area (Å²) in [5.41, 5.74) is 4.85. The van der Waals surface area contributed by atoms with Crippen molar-refractivity contribution in [3.63, 3.8) is 0 Å². The van der Waals surface area contributed by atoms with Crippen LogP contribution < -0.4 is 4.90 Å². The lowest BCUT2D eigenvalue weighted by Crippen LogP contribution is -2.41. The molecule has 1 aliphatic carbocycles. The Kier molecular flexibility index (Phi) is 3.38. The average Bonchev–Trinajstić information content (AvgIpc) is 2.54. The summed E-state index contributed by atoms with van der Waals surface area (Å²) in [5, 5.41) is 0. The first-order chi connectivity index (χ1) is 9.07. The predicted molar refractivity (Wildman–Crippen MR) is 84.9 cm³/mol. The van der Waals surface area contributed by atoms with Crippen LogP contribution in [0.5, 0.6) is 0 Å². The van der Waals surface area contributed by atoms with Crippen LogP contribution in [0.1, 0.15) is 46.5 Å². The molecular formula is C17H23NS. The minimum Gasteiger partial charge on any atom is -0.339 e. The molecule has 0 N–H and O–H groups in total. The van der Waals surface area contributed by atoms with Crippen LogP contribution in [-0.2, 0) is 0 Å². The van der Waals surface area contributed by atoms with Gasteiger partial charge in [0.2, 0.25) is 0 Å². The number of hydrogen-bond acceptors (Lipinski definition) is 2. The van der Waals surface area contributed by atoms with E-state index in [4.69, 9.17) is 0 Å². The Morgan fingerprint density at radius 3 is 2.58 bits per heavy atom. The summed E-state index contributed by atoms with van der Waals surface area (Å²) < 4.78 is 0. The molecule has 1 heterocycles. The number of para-hydroxylation sites is 1. The largest absolute Gasteiger partial charge is 0.339 e. The molecule has 0 bridgehead atoms. The molecule has 2 aliphatic rings. The summed E-state index contributed by atoms with van der Waals surface area (Å²) in [4.78, 5) is 4.04. The van der Waals surface area contributed by atoms with Crippen molar-refractivity contribution in [1.29, 1.82) is 0 Å². The second kappa shape index (κ2) is 4.90. The van der Waals surface area contributed by atoms with Gasteiger partial charge >= 0.3 is 0 Å². The Hall–Kier alpha value is -0.890. The maximum atomic E-state index is 2.61. The number of hydrogen-bond donors (Lipinski definition) is 0. The maximum absolute atomic E-state index is 2.61. The highest BCUT2D eigenvalue weighted by Gasteiger charge is 2.31. The number of thioether (sulfide) groups is 1. The molecule has 0 radical (unpaired) electrons. The van der Waals surface area contributed by atoms with Gasteiger partial charge in [0.15, 0.2) is 0 Å². The fourth-order valence-electron chi connectivity index (χ4n) is 3.22. The second-order valence-electron chi connectivity index (χ2n) is 6.52. The highest BCUT2D eigenvalue weighted by molar-refractivity contribution is 7.99. The lowest BCUT2D eigenvalue weighted by atomic mass is 9.92. The fraction of sp³-hybridized carbons (Fsp3) is 0.529. The summed E-state index contributed by atoms with van der Waals surface area (Å²) >= 11 is 2.02. The van der Waals surface area contributed by atoms with Gasteiger partial charge < -0.3 is 4.90 Å². The van der Waals surface area contributed by atoms with Gasteiger partial charge in [0.05, 0.1) is 5.69 Å². The monoisotopic (exact) mass is 273 g/mol. The van der Waals surface area contributed by atoms with Gasteiger partial charge in [-0.25, -0.2) is 0 Å². The van der Waals surface area contributed by atoms with E-state index in [9.17, 15) is 0 Å². The molecule has 0 unspecified atom stereocenters. The third kappa shape index (κ3) is 2.43. The number of rotatable bonds is 0. The van der Waals surface area contributed by atoms with E-state index in [2.05, 4.69) is 49.9 Å². The lowest BCUT2D eigenvalue weighted by Gasteiger charge is -2.41. The van der Waals surface area contributed by atoms with Gasteiger partial charge in [-0.2, -0.15) is 0 Å². The van der Waals surface area contributed by atoms with Gasteiger partial charge in [-0.05, 0) is 64.2 Å². The van der Waals surface area contributed by atoms with Crippen LogP contribution in [0.4, 0.5) is 5.69 Å². The number of allylic oxidation sites excluding steroid dienone is 1. The zero-order chi connectivity index (χ0) is 13.5. The molecule has 0 saturated heterocycles. The molecule has 19 heavy (non-hydrogen) atoms. The summed E-state index contributed by atoms with van der Waals surface area (Å²) in [6.45, 7) is 7.00. The standard InChI is InChI=1S/C17H23NS/c1-17(2,3)18-14-9-5-4-8-13(14)12-19-16-11-7-6-10-15(16)18/h6-7,10-11H,4-5,8-9,12H2,1-3H3. The summed E-state index contributed by atoms with van der Waals surface area (Å²) in [6.07, 6.45) is 5.26. The molecule has 2 heteroatoms. The Labute approximate surface area is 121 Å². The van der Waals surface area contributed by atoms with Crippen LogP contribution in [0.15, 0.2) is 40.4 Å². The Balaban J connectivity index is 2.15. The fourth-order valence-corrected chi connectivity index (χ4v) is 4.34. The second-order valence-corrected chi connectivity index (χ2v) is 7.54. The first-order valence-corrected chi connectivity index (χ1v) is 8.29. The Morgan fingerprint density at radius 1 is 1.05 bits per heavy atom. The molecule has 0 atom stereocenters. The van der Waals surface area contributed by atoms with E-state index in [0.29, 0.717) is 0 Å². The average molecular weight is 273 g/mol.